The third-order valence-electron chi connectivity index (χ3n) is 4.05. The standard InChI is InChI=1S/C18H24N8S2/c1-5-11-8-7-9-12(6-2)14(11)22-17-24-25-18(28-17)27-10-13-20-15(19)23-16(21-13)26(3)4/h7-9H,5-6,10H2,1-4H3,(H,22,24)(H2,19,20,21,23). The number of aryl methyl sites for hydroxylation is 2. The van der Waals surface area contributed by atoms with Gasteiger partial charge in [0.2, 0.25) is 17.0 Å². The molecule has 0 saturated carbocycles. The number of anilines is 4. The molecule has 1 aromatic carbocycles. The maximum absolute atomic E-state index is 5.78. The quantitative estimate of drug-likeness (QED) is 0.533. The molecule has 148 valence electrons. The number of rotatable bonds is 8. The summed E-state index contributed by atoms with van der Waals surface area (Å²) >= 11 is 3.05. The summed E-state index contributed by atoms with van der Waals surface area (Å²) in [6.45, 7) is 4.31. The van der Waals surface area contributed by atoms with Crippen molar-refractivity contribution in [3.8, 4) is 0 Å². The van der Waals surface area contributed by atoms with Gasteiger partial charge in [0.05, 0.1) is 5.75 Å². The van der Waals surface area contributed by atoms with E-state index in [1.807, 2.05) is 14.1 Å². The van der Waals surface area contributed by atoms with Crippen LogP contribution in [0.1, 0.15) is 30.8 Å². The van der Waals surface area contributed by atoms with Crippen LogP contribution in [0, 0.1) is 0 Å². The molecular formula is C18H24N8S2. The Hall–Kier alpha value is -2.46. The predicted octanol–water partition coefficient (Wildman–Crippen LogP) is 3.53. The van der Waals surface area contributed by atoms with Crippen LogP contribution in [0.4, 0.5) is 22.7 Å². The van der Waals surface area contributed by atoms with Crippen molar-refractivity contribution in [1.29, 1.82) is 0 Å². The van der Waals surface area contributed by atoms with Crippen molar-refractivity contribution in [2.24, 2.45) is 0 Å². The van der Waals surface area contributed by atoms with Crippen molar-refractivity contribution in [3.63, 3.8) is 0 Å². The van der Waals surface area contributed by atoms with Gasteiger partial charge in [0, 0.05) is 19.8 Å². The number of nitrogens with zero attached hydrogens (tertiary/aromatic N) is 6. The van der Waals surface area contributed by atoms with Crippen LogP contribution in [0.5, 0.6) is 0 Å². The zero-order valence-corrected chi connectivity index (χ0v) is 18.1. The maximum Gasteiger partial charge on any atom is 0.229 e. The number of nitrogen functional groups attached to an aromatic ring is 1. The molecule has 8 nitrogen and oxygen atoms in total. The number of para-hydroxylation sites is 1. The van der Waals surface area contributed by atoms with E-state index in [9.17, 15) is 0 Å². The number of thioether (sulfide) groups is 1. The molecule has 0 aliphatic rings. The Kier molecular flexibility index (Phi) is 6.63. The van der Waals surface area contributed by atoms with Crippen LogP contribution in [0.25, 0.3) is 0 Å². The lowest BCUT2D eigenvalue weighted by molar-refractivity contribution is 0.918. The highest BCUT2D eigenvalue weighted by atomic mass is 32.2. The summed E-state index contributed by atoms with van der Waals surface area (Å²) < 4.78 is 0.847. The van der Waals surface area contributed by atoms with Crippen molar-refractivity contribution in [2.45, 2.75) is 36.8 Å². The van der Waals surface area contributed by atoms with Crippen LogP contribution in [0.2, 0.25) is 0 Å². The van der Waals surface area contributed by atoms with Crippen LogP contribution >= 0.6 is 23.1 Å². The first-order valence-electron chi connectivity index (χ1n) is 9.02. The minimum absolute atomic E-state index is 0.220. The molecular weight excluding hydrogens is 392 g/mol. The molecule has 2 heterocycles. The van der Waals surface area contributed by atoms with E-state index in [0.29, 0.717) is 17.5 Å². The van der Waals surface area contributed by atoms with Gasteiger partial charge < -0.3 is 16.0 Å². The number of hydrogen-bond acceptors (Lipinski definition) is 10. The van der Waals surface area contributed by atoms with E-state index in [2.05, 4.69) is 62.5 Å². The first-order valence-corrected chi connectivity index (χ1v) is 10.8. The number of hydrogen-bond donors (Lipinski definition) is 2. The lowest BCUT2D eigenvalue weighted by Gasteiger charge is -2.13. The van der Waals surface area contributed by atoms with Gasteiger partial charge in [0.15, 0.2) is 4.34 Å². The topological polar surface area (TPSA) is 106 Å². The zero-order chi connectivity index (χ0) is 20.1. The molecule has 0 atom stereocenters. The van der Waals surface area contributed by atoms with E-state index in [1.165, 1.54) is 34.2 Å². The molecule has 3 rings (SSSR count). The van der Waals surface area contributed by atoms with Crippen molar-refractivity contribution < 1.29 is 0 Å². The smallest absolute Gasteiger partial charge is 0.229 e. The molecule has 0 unspecified atom stereocenters. The highest BCUT2D eigenvalue weighted by Gasteiger charge is 2.12. The third-order valence-corrected chi connectivity index (χ3v) is 6.02. The summed E-state index contributed by atoms with van der Waals surface area (Å²) in [5.41, 5.74) is 9.47. The molecule has 0 bridgehead atoms. The Morgan fingerprint density at radius 3 is 2.43 bits per heavy atom. The summed E-state index contributed by atoms with van der Waals surface area (Å²) in [5, 5.41) is 12.8. The summed E-state index contributed by atoms with van der Waals surface area (Å²) in [6.07, 6.45) is 1.93. The van der Waals surface area contributed by atoms with Crippen LogP contribution in [0.15, 0.2) is 22.5 Å². The van der Waals surface area contributed by atoms with Crippen molar-refractivity contribution in [2.75, 3.05) is 30.0 Å². The largest absolute Gasteiger partial charge is 0.368 e. The minimum Gasteiger partial charge on any atom is -0.368 e. The fraction of sp³-hybridized carbons (Fsp3) is 0.389. The predicted molar refractivity (Wildman–Crippen MR) is 117 cm³/mol. The molecule has 0 saturated heterocycles. The molecule has 3 aromatic rings. The maximum atomic E-state index is 5.78. The van der Waals surface area contributed by atoms with Gasteiger partial charge in [0.25, 0.3) is 0 Å². The van der Waals surface area contributed by atoms with E-state index in [-0.39, 0.29) is 5.95 Å². The molecule has 0 spiro atoms. The molecule has 10 heteroatoms. The Bertz CT molecular complexity index is 919. The molecule has 2 aromatic heterocycles. The van der Waals surface area contributed by atoms with Gasteiger partial charge in [-0.1, -0.05) is 55.1 Å². The van der Waals surface area contributed by atoms with Crippen LogP contribution in [-0.4, -0.2) is 39.2 Å². The van der Waals surface area contributed by atoms with Crippen molar-refractivity contribution in [1.82, 2.24) is 25.1 Å². The van der Waals surface area contributed by atoms with Crippen LogP contribution in [0.3, 0.4) is 0 Å². The van der Waals surface area contributed by atoms with Crippen molar-refractivity contribution >= 4 is 45.8 Å². The minimum atomic E-state index is 0.220. The van der Waals surface area contributed by atoms with E-state index < -0.39 is 0 Å². The van der Waals surface area contributed by atoms with Crippen LogP contribution < -0.4 is 16.0 Å². The summed E-state index contributed by atoms with van der Waals surface area (Å²) in [6, 6.07) is 6.39. The summed E-state index contributed by atoms with van der Waals surface area (Å²) in [4.78, 5) is 14.5. The van der Waals surface area contributed by atoms with Gasteiger partial charge in [-0.25, -0.2) is 0 Å². The van der Waals surface area contributed by atoms with Gasteiger partial charge in [-0.15, -0.1) is 10.2 Å². The molecule has 0 amide bonds. The fourth-order valence-electron chi connectivity index (χ4n) is 2.64. The number of aromatic nitrogens is 5. The normalized spacial score (nSPS) is 10.9. The van der Waals surface area contributed by atoms with Gasteiger partial charge in [-0.05, 0) is 24.0 Å². The van der Waals surface area contributed by atoms with E-state index in [0.717, 1.165) is 28.0 Å². The molecule has 0 radical (unpaired) electrons. The SMILES string of the molecule is CCc1cccc(CC)c1Nc1nnc(SCc2nc(N)nc(N(C)C)n2)s1. The second kappa shape index (κ2) is 9.16. The van der Waals surface area contributed by atoms with Crippen LogP contribution in [-0.2, 0) is 18.6 Å². The van der Waals surface area contributed by atoms with Gasteiger partial charge in [-0.3, -0.25) is 0 Å². The lowest BCUT2D eigenvalue weighted by atomic mass is 10.0. The third kappa shape index (κ3) is 4.87. The van der Waals surface area contributed by atoms with E-state index in [4.69, 9.17) is 5.73 Å². The lowest BCUT2D eigenvalue weighted by Crippen LogP contribution is -2.15. The number of benzene rings is 1. The fourth-order valence-corrected chi connectivity index (χ4v) is 4.26. The van der Waals surface area contributed by atoms with E-state index >= 15 is 0 Å². The molecule has 0 aliphatic carbocycles. The molecule has 28 heavy (non-hydrogen) atoms. The Balaban J connectivity index is 1.71. The highest BCUT2D eigenvalue weighted by molar-refractivity contribution is 8.00. The Labute approximate surface area is 173 Å². The second-order valence-corrected chi connectivity index (χ2v) is 8.45. The van der Waals surface area contributed by atoms with Gasteiger partial charge in [0.1, 0.15) is 5.82 Å². The molecule has 3 N–H and O–H groups in total. The summed E-state index contributed by atoms with van der Waals surface area (Å²) in [5.74, 6) is 1.94. The Morgan fingerprint density at radius 1 is 1.07 bits per heavy atom. The Morgan fingerprint density at radius 2 is 1.79 bits per heavy atom. The summed E-state index contributed by atoms with van der Waals surface area (Å²) in [7, 11) is 3.74. The highest BCUT2D eigenvalue weighted by Crippen LogP contribution is 2.32. The van der Waals surface area contributed by atoms with Gasteiger partial charge >= 0.3 is 0 Å². The van der Waals surface area contributed by atoms with Crippen molar-refractivity contribution in [3.05, 3.63) is 35.2 Å². The second-order valence-electron chi connectivity index (χ2n) is 6.25. The zero-order valence-electron chi connectivity index (χ0n) is 16.4. The first kappa shape index (κ1) is 20.3. The van der Waals surface area contributed by atoms with Gasteiger partial charge in [-0.2, -0.15) is 15.0 Å². The monoisotopic (exact) mass is 416 g/mol. The number of nitrogens with one attached hydrogen (secondary N) is 1. The average molecular weight is 417 g/mol. The first-order chi connectivity index (χ1) is 13.5. The van der Waals surface area contributed by atoms with E-state index in [1.54, 1.807) is 4.90 Å². The molecule has 0 fully saturated rings. The average Bonchev–Trinajstić information content (AvgIpc) is 3.13. The molecule has 0 aliphatic heterocycles. The number of nitrogens with two attached hydrogens (primary N) is 1.